The molecule has 7 nitrogen and oxygen atoms in total. The van der Waals surface area contributed by atoms with Gasteiger partial charge in [0.05, 0.1) is 17.6 Å². The standard InChI is InChI=1S/C23H22FN5O2/c1-4-16-6-5-7-21(29-23(30)28(3)26-27-29)19(16)14-31-22-11-8-17(12-15(22)2)20-10-9-18(24)13-25-20/h5-13H,4,14H2,1-3H3. The molecule has 0 saturated heterocycles. The largest absolute Gasteiger partial charge is 0.489 e. The smallest absolute Gasteiger partial charge is 0.368 e. The van der Waals surface area contributed by atoms with E-state index < -0.39 is 0 Å². The first-order valence-corrected chi connectivity index (χ1v) is 9.93. The fourth-order valence-corrected chi connectivity index (χ4v) is 3.45. The van der Waals surface area contributed by atoms with E-state index >= 15 is 0 Å². The van der Waals surface area contributed by atoms with Crippen molar-refractivity contribution in [3.8, 4) is 22.7 Å². The number of benzene rings is 2. The van der Waals surface area contributed by atoms with Gasteiger partial charge in [0, 0.05) is 18.2 Å². The van der Waals surface area contributed by atoms with Gasteiger partial charge in [-0.15, -0.1) is 0 Å². The first-order chi connectivity index (χ1) is 15.0. The third-order valence-corrected chi connectivity index (χ3v) is 5.15. The lowest BCUT2D eigenvalue weighted by Gasteiger charge is -2.16. The molecule has 0 fully saturated rings. The van der Waals surface area contributed by atoms with E-state index in [0.717, 1.165) is 28.7 Å². The summed E-state index contributed by atoms with van der Waals surface area (Å²) in [5.41, 5.74) is 4.79. The Balaban J connectivity index is 1.63. The Morgan fingerprint density at radius 3 is 2.58 bits per heavy atom. The summed E-state index contributed by atoms with van der Waals surface area (Å²) in [6.45, 7) is 4.28. The Hall–Kier alpha value is -3.81. The molecular weight excluding hydrogens is 397 g/mol. The van der Waals surface area contributed by atoms with Crippen LogP contribution in [0.1, 0.15) is 23.6 Å². The lowest BCUT2D eigenvalue weighted by molar-refractivity contribution is 0.302. The van der Waals surface area contributed by atoms with Gasteiger partial charge in [0.15, 0.2) is 0 Å². The maximum absolute atomic E-state index is 13.1. The number of aromatic nitrogens is 5. The highest BCUT2D eigenvalue weighted by molar-refractivity contribution is 5.61. The van der Waals surface area contributed by atoms with Crippen molar-refractivity contribution in [2.75, 3.05) is 0 Å². The topological polar surface area (TPSA) is 74.8 Å². The molecule has 0 radical (unpaired) electrons. The fraction of sp³-hybridized carbons (Fsp3) is 0.217. The molecule has 0 N–H and O–H groups in total. The van der Waals surface area contributed by atoms with Gasteiger partial charge >= 0.3 is 5.69 Å². The van der Waals surface area contributed by atoms with Crippen molar-refractivity contribution < 1.29 is 9.13 Å². The number of pyridine rings is 1. The second-order valence-corrected chi connectivity index (χ2v) is 7.20. The zero-order chi connectivity index (χ0) is 22.0. The molecule has 2 aromatic heterocycles. The first-order valence-electron chi connectivity index (χ1n) is 9.93. The zero-order valence-electron chi connectivity index (χ0n) is 17.5. The summed E-state index contributed by atoms with van der Waals surface area (Å²) in [6.07, 6.45) is 1.99. The molecule has 0 aliphatic heterocycles. The van der Waals surface area contributed by atoms with Crippen molar-refractivity contribution in [2.45, 2.75) is 26.9 Å². The number of aryl methyl sites for hydroxylation is 3. The lowest BCUT2D eigenvalue weighted by Crippen LogP contribution is -2.23. The van der Waals surface area contributed by atoms with Crippen molar-refractivity contribution in [1.29, 1.82) is 0 Å². The maximum atomic E-state index is 13.1. The molecule has 4 aromatic rings. The molecule has 0 aliphatic carbocycles. The van der Waals surface area contributed by atoms with Crippen molar-refractivity contribution in [1.82, 2.24) is 24.8 Å². The van der Waals surface area contributed by atoms with Crippen LogP contribution in [0.4, 0.5) is 4.39 Å². The number of hydrogen-bond donors (Lipinski definition) is 0. The van der Waals surface area contributed by atoms with Gasteiger partial charge in [-0.25, -0.2) is 9.18 Å². The third kappa shape index (κ3) is 4.09. The summed E-state index contributed by atoms with van der Waals surface area (Å²) in [5, 5.41) is 7.79. The summed E-state index contributed by atoms with van der Waals surface area (Å²) < 4.78 is 21.7. The summed E-state index contributed by atoms with van der Waals surface area (Å²) in [4.78, 5) is 16.5. The highest BCUT2D eigenvalue weighted by Gasteiger charge is 2.15. The van der Waals surface area contributed by atoms with Crippen LogP contribution in [0.2, 0.25) is 0 Å². The van der Waals surface area contributed by atoms with Crippen LogP contribution in [0.5, 0.6) is 5.75 Å². The minimum absolute atomic E-state index is 0.275. The first kappa shape index (κ1) is 20.5. The summed E-state index contributed by atoms with van der Waals surface area (Å²) >= 11 is 0. The average molecular weight is 419 g/mol. The van der Waals surface area contributed by atoms with E-state index in [1.165, 1.54) is 21.6 Å². The van der Waals surface area contributed by atoms with Crippen LogP contribution in [0.15, 0.2) is 59.5 Å². The molecule has 0 bridgehead atoms. The second kappa shape index (κ2) is 8.51. The minimum atomic E-state index is -0.368. The van der Waals surface area contributed by atoms with Gasteiger partial charge < -0.3 is 4.74 Å². The predicted octanol–water partition coefficient (Wildman–Crippen LogP) is 3.62. The van der Waals surface area contributed by atoms with E-state index in [9.17, 15) is 9.18 Å². The van der Waals surface area contributed by atoms with Gasteiger partial charge in [0.25, 0.3) is 0 Å². The molecule has 0 aliphatic rings. The number of ether oxygens (including phenoxy) is 1. The van der Waals surface area contributed by atoms with E-state index in [-0.39, 0.29) is 18.1 Å². The van der Waals surface area contributed by atoms with E-state index in [4.69, 9.17) is 4.74 Å². The van der Waals surface area contributed by atoms with Crippen LogP contribution in [-0.4, -0.2) is 24.8 Å². The van der Waals surface area contributed by atoms with Crippen LogP contribution in [0, 0.1) is 12.7 Å². The number of nitrogens with zero attached hydrogens (tertiary/aromatic N) is 5. The Morgan fingerprint density at radius 1 is 1.10 bits per heavy atom. The van der Waals surface area contributed by atoms with Crippen LogP contribution < -0.4 is 10.4 Å². The number of tetrazole rings is 1. The van der Waals surface area contributed by atoms with Gasteiger partial charge in [-0.05, 0) is 71.3 Å². The molecule has 2 aromatic carbocycles. The fourth-order valence-electron chi connectivity index (χ4n) is 3.45. The molecule has 0 unspecified atom stereocenters. The van der Waals surface area contributed by atoms with Gasteiger partial charge in [-0.2, -0.15) is 9.36 Å². The van der Waals surface area contributed by atoms with E-state index in [1.807, 2.05) is 43.3 Å². The Bertz CT molecular complexity index is 1280. The second-order valence-electron chi connectivity index (χ2n) is 7.20. The summed E-state index contributed by atoms with van der Waals surface area (Å²) in [7, 11) is 1.56. The minimum Gasteiger partial charge on any atom is -0.489 e. The summed E-state index contributed by atoms with van der Waals surface area (Å²) in [6, 6.07) is 14.5. The molecule has 0 saturated carbocycles. The van der Waals surface area contributed by atoms with Gasteiger partial charge in [0.2, 0.25) is 0 Å². The molecular formula is C23H22FN5O2. The Kier molecular flexibility index (Phi) is 5.62. The number of rotatable bonds is 6. The lowest BCUT2D eigenvalue weighted by atomic mass is 10.0. The van der Waals surface area contributed by atoms with Crippen molar-refractivity contribution in [3.63, 3.8) is 0 Å². The predicted molar refractivity (Wildman–Crippen MR) is 115 cm³/mol. The summed E-state index contributed by atoms with van der Waals surface area (Å²) in [5.74, 6) is 0.349. The molecule has 31 heavy (non-hydrogen) atoms. The molecule has 158 valence electrons. The van der Waals surface area contributed by atoms with E-state index in [2.05, 4.69) is 22.3 Å². The number of hydrogen-bond acceptors (Lipinski definition) is 5. The average Bonchev–Trinajstić information content (AvgIpc) is 3.11. The quantitative estimate of drug-likeness (QED) is 0.477. The Labute approximate surface area is 178 Å². The monoisotopic (exact) mass is 419 g/mol. The third-order valence-electron chi connectivity index (χ3n) is 5.15. The molecule has 0 atom stereocenters. The zero-order valence-corrected chi connectivity index (χ0v) is 17.5. The number of halogens is 1. The van der Waals surface area contributed by atoms with Gasteiger partial charge in [0.1, 0.15) is 18.2 Å². The van der Waals surface area contributed by atoms with Crippen LogP contribution in [-0.2, 0) is 20.1 Å². The Morgan fingerprint density at radius 2 is 1.94 bits per heavy atom. The molecule has 0 amide bonds. The maximum Gasteiger partial charge on any atom is 0.368 e. The van der Waals surface area contributed by atoms with Gasteiger partial charge in [-0.1, -0.05) is 19.1 Å². The van der Waals surface area contributed by atoms with Crippen LogP contribution >= 0.6 is 0 Å². The van der Waals surface area contributed by atoms with Crippen LogP contribution in [0.3, 0.4) is 0 Å². The normalized spacial score (nSPS) is 11.0. The highest BCUT2D eigenvalue weighted by atomic mass is 19.1. The molecule has 2 heterocycles. The molecule has 0 spiro atoms. The van der Waals surface area contributed by atoms with Crippen LogP contribution in [0.25, 0.3) is 16.9 Å². The highest BCUT2D eigenvalue weighted by Crippen LogP contribution is 2.27. The van der Waals surface area contributed by atoms with Crippen molar-refractivity contribution in [2.24, 2.45) is 7.05 Å². The van der Waals surface area contributed by atoms with E-state index in [0.29, 0.717) is 17.1 Å². The van der Waals surface area contributed by atoms with Crippen molar-refractivity contribution >= 4 is 0 Å². The molecule has 4 rings (SSSR count). The van der Waals surface area contributed by atoms with Crippen molar-refractivity contribution in [3.05, 3.63) is 87.7 Å². The van der Waals surface area contributed by atoms with E-state index in [1.54, 1.807) is 13.1 Å². The van der Waals surface area contributed by atoms with Gasteiger partial charge in [-0.3, -0.25) is 4.98 Å². The SMILES string of the molecule is CCc1cccc(-n2nnn(C)c2=O)c1COc1ccc(-c2ccc(F)cn2)cc1C. The molecule has 8 heteroatoms.